The van der Waals surface area contributed by atoms with E-state index in [4.69, 9.17) is 9.84 Å². The van der Waals surface area contributed by atoms with Gasteiger partial charge < -0.3 is 14.7 Å². The van der Waals surface area contributed by atoms with Crippen LogP contribution in [-0.2, 0) is 14.3 Å². The quantitative estimate of drug-likeness (QED) is 0.507. The van der Waals surface area contributed by atoms with Gasteiger partial charge in [-0.1, -0.05) is 26.2 Å². The SMILES string of the molecule is CCCCCCOC(=O)C1CC(=O)N(CCCO)C1. The monoisotopic (exact) mass is 271 g/mol. The maximum Gasteiger partial charge on any atom is 0.311 e. The molecule has 19 heavy (non-hydrogen) atoms. The van der Waals surface area contributed by atoms with Crippen LogP contribution in [0.15, 0.2) is 0 Å². The van der Waals surface area contributed by atoms with Gasteiger partial charge in [-0.15, -0.1) is 0 Å². The van der Waals surface area contributed by atoms with Crippen LogP contribution < -0.4 is 0 Å². The number of nitrogens with zero attached hydrogens (tertiary/aromatic N) is 1. The normalized spacial score (nSPS) is 18.9. The number of amides is 1. The number of aliphatic hydroxyl groups is 1. The lowest BCUT2D eigenvalue weighted by molar-refractivity contribution is -0.148. The summed E-state index contributed by atoms with van der Waals surface area (Å²) in [5, 5.41) is 8.75. The lowest BCUT2D eigenvalue weighted by Gasteiger charge is -2.15. The molecule has 1 aliphatic heterocycles. The Balaban J connectivity index is 2.21. The van der Waals surface area contributed by atoms with Gasteiger partial charge >= 0.3 is 5.97 Å². The first-order chi connectivity index (χ1) is 9.19. The largest absolute Gasteiger partial charge is 0.465 e. The van der Waals surface area contributed by atoms with E-state index in [0.717, 1.165) is 25.7 Å². The second-order valence-corrected chi connectivity index (χ2v) is 5.05. The van der Waals surface area contributed by atoms with Crippen LogP contribution in [-0.4, -0.2) is 48.2 Å². The molecular formula is C14H25NO4. The van der Waals surface area contributed by atoms with Crippen molar-refractivity contribution in [1.29, 1.82) is 0 Å². The Morgan fingerprint density at radius 3 is 2.84 bits per heavy atom. The van der Waals surface area contributed by atoms with Gasteiger partial charge in [0.25, 0.3) is 0 Å². The Morgan fingerprint density at radius 2 is 2.16 bits per heavy atom. The zero-order chi connectivity index (χ0) is 14.1. The summed E-state index contributed by atoms with van der Waals surface area (Å²) in [6, 6.07) is 0. The molecule has 1 fully saturated rings. The molecule has 0 aromatic carbocycles. The van der Waals surface area contributed by atoms with Crippen molar-refractivity contribution >= 4 is 11.9 Å². The van der Waals surface area contributed by atoms with E-state index in [1.807, 2.05) is 0 Å². The summed E-state index contributed by atoms with van der Waals surface area (Å²) < 4.78 is 5.21. The number of rotatable bonds is 9. The summed E-state index contributed by atoms with van der Waals surface area (Å²) in [5.41, 5.74) is 0. The highest BCUT2D eigenvalue weighted by Gasteiger charge is 2.34. The van der Waals surface area contributed by atoms with Crippen molar-refractivity contribution in [1.82, 2.24) is 4.90 Å². The number of aliphatic hydroxyl groups excluding tert-OH is 1. The molecular weight excluding hydrogens is 246 g/mol. The molecule has 1 saturated heterocycles. The van der Waals surface area contributed by atoms with Gasteiger partial charge in [0.1, 0.15) is 0 Å². The molecule has 5 heteroatoms. The van der Waals surface area contributed by atoms with Crippen molar-refractivity contribution in [3.63, 3.8) is 0 Å². The number of hydrogen-bond acceptors (Lipinski definition) is 4. The van der Waals surface area contributed by atoms with Gasteiger partial charge in [-0.25, -0.2) is 0 Å². The highest BCUT2D eigenvalue weighted by atomic mass is 16.5. The fourth-order valence-corrected chi connectivity index (χ4v) is 2.23. The maximum absolute atomic E-state index is 11.8. The molecule has 110 valence electrons. The van der Waals surface area contributed by atoms with Gasteiger partial charge in [-0.2, -0.15) is 0 Å². The summed E-state index contributed by atoms with van der Waals surface area (Å²) in [4.78, 5) is 25.1. The average molecular weight is 271 g/mol. The Labute approximate surface area is 114 Å². The van der Waals surface area contributed by atoms with Crippen molar-refractivity contribution in [2.75, 3.05) is 26.3 Å². The minimum absolute atomic E-state index is 0.0126. The zero-order valence-electron chi connectivity index (χ0n) is 11.8. The lowest BCUT2D eigenvalue weighted by atomic mass is 10.1. The maximum atomic E-state index is 11.8. The second-order valence-electron chi connectivity index (χ2n) is 5.05. The third-order valence-electron chi connectivity index (χ3n) is 3.38. The average Bonchev–Trinajstić information content (AvgIpc) is 2.77. The first-order valence-corrected chi connectivity index (χ1v) is 7.24. The molecule has 0 aromatic heterocycles. The van der Waals surface area contributed by atoms with E-state index >= 15 is 0 Å². The van der Waals surface area contributed by atoms with Gasteiger partial charge in [0.2, 0.25) is 5.91 Å². The number of hydrogen-bond donors (Lipinski definition) is 1. The van der Waals surface area contributed by atoms with Crippen LogP contribution in [0.25, 0.3) is 0 Å². The van der Waals surface area contributed by atoms with E-state index in [1.54, 1.807) is 4.90 Å². The number of esters is 1. The number of carbonyl (C=O) groups is 2. The Kier molecular flexibility index (Phi) is 7.48. The van der Waals surface area contributed by atoms with E-state index in [2.05, 4.69) is 6.92 Å². The van der Waals surface area contributed by atoms with Crippen molar-refractivity contribution in [3.8, 4) is 0 Å². The third kappa shape index (κ3) is 5.59. The molecule has 1 amide bonds. The molecule has 1 atom stereocenters. The minimum Gasteiger partial charge on any atom is -0.465 e. The van der Waals surface area contributed by atoms with Gasteiger partial charge in [0, 0.05) is 26.1 Å². The fraction of sp³-hybridized carbons (Fsp3) is 0.857. The second kappa shape index (κ2) is 8.91. The standard InChI is InChI=1S/C14H25NO4/c1-2-3-4-5-9-19-14(18)12-10-13(17)15(11-12)7-6-8-16/h12,16H,2-11H2,1H3. The van der Waals surface area contributed by atoms with Crippen LogP contribution in [0.1, 0.15) is 45.4 Å². The summed E-state index contributed by atoms with van der Waals surface area (Å²) in [6.07, 6.45) is 5.10. The molecule has 1 aliphatic rings. The zero-order valence-corrected chi connectivity index (χ0v) is 11.8. The Bertz CT molecular complexity index is 293. The molecule has 0 aliphatic carbocycles. The smallest absolute Gasteiger partial charge is 0.311 e. The number of ether oxygens (including phenoxy) is 1. The molecule has 1 rings (SSSR count). The summed E-state index contributed by atoms with van der Waals surface area (Å²) in [6.45, 7) is 3.62. The first-order valence-electron chi connectivity index (χ1n) is 7.24. The van der Waals surface area contributed by atoms with Crippen LogP contribution in [0.2, 0.25) is 0 Å². The van der Waals surface area contributed by atoms with Crippen molar-refractivity contribution in [3.05, 3.63) is 0 Å². The predicted octanol–water partition coefficient (Wildman–Crippen LogP) is 1.34. The van der Waals surface area contributed by atoms with Crippen LogP contribution in [0.4, 0.5) is 0 Å². The molecule has 1 unspecified atom stereocenters. The van der Waals surface area contributed by atoms with Crippen LogP contribution in [0, 0.1) is 5.92 Å². The molecule has 1 heterocycles. The van der Waals surface area contributed by atoms with Gasteiger partial charge in [0.05, 0.1) is 12.5 Å². The molecule has 0 aromatic rings. The van der Waals surface area contributed by atoms with E-state index in [-0.39, 0.29) is 30.8 Å². The number of likely N-dealkylation sites (tertiary alicyclic amines) is 1. The number of carbonyl (C=O) groups excluding carboxylic acids is 2. The van der Waals surface area contributed by atoms with Crippen molar-refractivity contribution in [2.45, 2.75) is 45.4 Å². The highest BCUT2D eigenvalue weighted by molar-refractivity contribution is 5.86. The minimum atomic E-state index is -0.322. The van der Waals surface area contributed by atoms with Crippen LogP contribution in [0.5, 0.6) is 0 Å². The lowest BCUT2D eigenvalue weighted by Crippen LogP contribution is -2.28. The first kappa shape index (κ1) is 16.0. The molecule has 1 N–H and O–H groups in total. The molecule has 0 bridgehead atoms. The summed E-state index contributed by atoms with van der Waals surface area (Å²) in [7, 11) is 0. The van der Waals surface area contributed by atoms with E-state index < -0.39 is 0 Å². The summed E-state index contributed by atoms with van der Waals surface area (Å²) >= 11 is 0. The van der Waals surface area contributed by atoms with Gasteiger partial charge in [0.15, 0.2) is 0 Å². The van der Waals surface area contributed by atoms with E-state index in [1.165, 1.54) is 0 Å². The van der Waals surface area contributed by atoms with Gasteiger partial charge in [-0.3, -0.25) is 9.59 Å². The Hall–Kier alpha value is -1.10. The Morgan fingerprint density at radius 1 is 1.37 bits per heavy atom. The highest BCUT2D eigenvalue weighted by Crippen LogP contribution is 2.19. The molecule has 0 radical (unpaired) electrons. The summed E-state index contributed by atoms with van der Waals surface area (Å²) in [5.74, 6) is -0.588. The van der Waals surface area contributed by atoms with E-state index in [0.29, 0.717) is 26.1 Å². The topological polar surface area (TPSA) is 66.8 Å². The van der Waals surface area contributed by atoms with Gasteiger partial charge in [-0.05, 0) is 12.8 Å². The molecule has 0 spiro atoms. The predicted molar refractivity (Wildman–Crippen MR) is 71.5 cm³/mol. The fourth-order valence-electron chi connectivity index (χ4n) is 2.23. The van der Waals surface area contributed by atoms with Crippen LogP contribution in [0.3, 0.4) is 0 Å². The number of unbranched alkanes of at least 4 members (excludes halogenated alkanes) is 3. The van der Waals surface area contributed by atoms with Crippen molar-refractivity contribution < 1.29 is 19.4 Å². The molecule has 5 nitrogen and oxygen atoms in total. The molecule has 0 saturated carbocycles. The van der Waals surface area contributed by atoms with Crippen molar-refractivity contribution in [2.24, 2.45) is 5.92 Å². The third-order valence-corrected chi connectivity index (χ3v) is 3.38. The van der Waals surface area contributed by atoms with E-state index in [9.17, 15) is 9.59 Å². The van der Waals surface area contributed by atoms with Crippen LogP contribution >= 0.6 is 0 Å².